The lowest BCUT2D eigenvalue weighted by Gasteiger charge is -2.07. The molecule has 0 unspecified atom stereocenters. The minimum absolute atomic E-state index is 0.122. The molecule has 0 aromatic rings. The highest BCUT2D eigenvalue weighted by Gasteiger charge is 2.02. The van der Waals surface area contributed by atoms with E-state index in [0.29, 0.717) is 52.7 Å². The molecule has 0 aromatic heterocycles. The van der Waals surface area contributed by atoms with Gasteiger partial charge in [-0.1, -0.05) is 51.5 Å². The third-order valence-corrected chi connectivity index (χ3v) is 3.45. The average Bonchev–Trinajstić information content (AvgIpc) is 2.59. The summed E-state index contributed by atoms with van der Waals surface area (Å²) in [5, 5.41) is 0. The van der Waals surface area contributed by atoms with Gasteiger partial charge in [0.15, 0.2) is 0 Å². The van der Waals surface area contributed by atoms with E-state index >= 15 is 0 Å². The van der Waals surface area contributed by atoms with Crippen LogP contribution < -0.4 is 0 Å². The van der Waals surface area contributed by atoms with Crippen molar-refractivity contribution >= 4 is 5.97 Å². The van der Waals surface area contributed by atoms with Crippen LogP contribution in [-0.4, -0.2) is 52.2 Å². The Morgan fingerprint density at radius 2 is 1.33 bits per heavy atom. The fraction of sp³-hybridized carbons (Fsp3) is 0.842. The highest BCUT2D eigenvalue weighted by molar-refractivity contribution is 5.69. The quantitative estimate of drug-likeness (QED) is 0.202. The van der Waals surface area contributed by atoms with Crippen LogP contribution in [0.5, 0.6) is 0 Å². The van der Waals surface area contributed by atoms with Crippen molar-refractivity contribution in [2.45, 2.75) is 58.3 Å². The van der Waals surface area contributed by atoms with Gasteiger partial charge in [0.1, 0.15) is 6.61 Å². The molecule has 0 atom stereocenters. The number of hydrogen-bond donors (Lipinski definition) is 0. The van der Waals surface area contributed by atoms with Crippen molar-refractivity contribution in [2.75, 3.05) is 46.2 Å². The van der Waals surface area contributed by atoms with Crippen LogP contribution >= 0.6 is 0 Å². The third-order valence-electron chi connectivity index (χ3n) is 3.45. The first-order chi connectivity index (χ1) is 11.8. The number of ether oxygens (including phenoxy) is 4. The molecule has 0 aromatic carbocycles. The van der Waals surface area contributed by atoms with Gasteiger partial charge in [-0.2, -0.15) is 0 Å². The zero-order chi connectivity index (χ0) is 17.7. The van der Waals surface area contributed by atoms with E-state index < -0.39 is 0 Å². The second-order valence-electron chi connectivity index (χ2n) is 5.68. The smallest absolute Gasteiger partial charge is 0.305 e. The molecule has 0 aliphatic heterocycles. The second-order valence-corrected chi connectivity index (χ2v) is 5.68. The maximum atomic E-state index is 11.5. The van der Waals surface area contributed by atoms with E-state index in [9.17, 15) is 4.79 Å². The molecule has 24 heavy (non-hydrogen) atoms. The summed E-state index contributed by atoms with van der Waals surface area (Å²) < 4.78 is 21.0. The molecule has 0 amide bonds. The molecule has 142 valence electrons. The van der Waals surface area contributed by atoms with E-state index in [0.717, 1.165) is 12.8 Å². The highest BCUT2D eigenvalue weighted by Crippen LogP contribution is 2.08. The van der Waals surface area contributed by atoms with Gasteiger partial charge < -0.3 is 18.9 Å². The molecule has 0 radical (unpaired) electrons. The average molecular weight is 344 g/mol. The Morgan fingerprint density at radius 3 is 1.96 bits per heavy atom. The van der Waals surface area contributed by atoms with Gasteiger partial charge in [0.25, 0.3) is 0 Å². The van der Waals surface area contributed by atoms with Gasteiger partial charge in [0, 0.05) is 6.42 Å². The lowest BCUT2D eigenvalue weighted by Crippen LogP contribution is -2.13. The zero-order valence-electron chi connectivity index (χ0n) is 15.4. The first kappa shape index (κ1) is 23.1. The summed E-state index contributed by atoms with van der Waals surface area (Å²) in [5.41, 5.74) is 0. The Kier molecular flexibility index (Phi) is 19.4. The molecule has 0 saturated heterocycles. The van der Waals surface area contributed by atoms with Crippen LogP contribution in [0.2, 0.25) is 0 Å². The SMILES string of the molecule is C=CCOCCOCCOCCOC(=O)CCCCCCCCC. The number of rotatable bonds is 19. The minimum atomic E-state index is -0.122. The molecule has 0 rings (SSSR count). The molecular formula is C19H36O5. The van der Waals surface area contributed by atoms with Crippen LogP contribution in [0.4, 0.5) is 0 Å². The van der Waals surface area contributed by atoms with Crippen molar-refractivity contribution in [1.82, 2.24) is 0 Å². The zero-order valence-corrected chi connectivity index (χ0v) is 15.4. The summed E-state index contributed by atoms with van der Waals surface area (Å²) in [5.74, 6) is -0.122. The molecule has 0 N–H and O–H groups in total. The molecule has 0 bridgehead atoms. The largest absolute Gasteiger partial charge is 0.463 e. The highest BCUT2D eigenvalue weighted by atomic mass is 16.6. The van der Waals surface area contributed by atoms with Gasteiger partial charge in [-0.15, -0.1) is 6.58 Å². The number of unbranched alkanes of at least 4 members (excludes halogenated alkanes) is 6. The van der Waals surface area contributed by atoms with Crippen LogP contribution in [0, 0.1) is 0 Å². The lowest BCUT2D eigenvalue weighted by atomic mass is 10.1. The predicted octanol–water partition coefficient (Wildman–Crippen LogP) is 3.91. The van der Waals surface area contributed by atoms with Crippen LogP contribution in [0.25, 0.3) is 0 Å². The van der Waals surface area contributed by atoms with Crippen LogP contribution in [0.15, 0.2) is 12.7 Å². The van der Waals surface area contributed by atoms with E-state index in [1.165, 1.54) is 32.1 Å². The Labute approximate surface area is 147 Å². The Balaban J connectivity index is 3.13. The molecule has 0 spiro atoms. The molecule has 0 saturated carbocycles. The summed E-state index contributed by atoms with van der Waals surface area (Å²) in [4.78, 5) is 11.5. The van der Waals surface area contributed by atoms with E-state index in [1.54, 1.807) is 6.08 Å². The topological polar surface area (TPSA) is 54.0 Å². The number of carbonyl (C=O) groups excluding carboxylic acids is 1. The van der Waals surface area contributed by atoms with Crippen LogP contribution in [-0.2, 0) is 23.7 Å². The third kappa shape index (κ3) is 19.1. The second kappa shape index (κ2) is 20.1. The molecular weight excluding hydrogens is 308 g/mol. The summed E-state index contributed by atoms with van der Waals surface area (Å²) >= 11 is 0. The minimum Gasteiger partial charge on any atom is -0.463 e. The maximum absolute atomic E-state index is 11.5. The molecule has 0 heterocycles. The monoisotopic (exact) mass is 344 g/mol. The van der Waals surface area contributed by atoms with Gasteiger partial charge in [-0.05, 0) is 6.42 Å². The van der Waals surface area contributed by atoms with Crippen molar-refractivity contribution in [3.05, 3.63) is 12.7 Å². The van der Waals surface area contributed by atoms with Crippen molar-refractivity contribution in [1.29, 1.82) is 0 Å². The Bertz CT molecular complexity index is 281. The Morgan fingerprint density at radius 1 is 0.792 bits per heavy atom. The number of hydrogen-bond acceptors (Lipinski definition) is 5. The van der Waals surface area contributed by atoms with Gasteiger partial charge >= 0.3 is 5.97 Å². The fourth-order valence-corrected chi connectivity index (χ4v) is 2.12. The van der Waals surface area contributed by atoms with Crippen molar-refractivity contribution in [3.63, 3.8) is 0 Å². The Hall–Kier alpha value is -0.910. The van der Waals surface area contributed by atoms with E-state index in [1.807, 2.05) is 0 Å². The van der Waals surface area contributed by atoms with Crippen molar-refractivity contribution in [3.8, 4) is 0 Å². The first-order valence-electron chi connectivity index (χ1n) is 9.31. The van der Waals surface area contributed by atoms with Gasteiger partial charge in [-0.3, -0.25) is 4.79 Å². The molecule has 0 aliphatic carbocycles. The van der Waals surface area contributed by atoms with E-state index in [4.69, 9.17) is 18.9 Å². The fourth-order valence-electron chi connectivity index (χ4n) is 2.12. The van der Waals surface area contributed by atoms with Gasteiger partial charge in [0.2, 0.25) is 0 Å². The van der Waals surface area contributed by atoms with Crippen molar-refractivity contribution in [2.24, 2.45) is 0 Å². The predicted molar refractivity (Wildman–Crippen MR) is 96.2 cm³/mol. The molecule has 5 nitrogen and oxygen atoms in total. The number of carbonyl (C=O) groups is 1. The van der Waals surface area contributed by atoms with Gasteiger partial charge in [-0.25, -0.2) is 0 Å². The number of esters is 1. The molecule has 0 fully saturated rings. The van der Waals surface area contributed by atoms with E-state index in [-0.39, 0.29) is 5.97 Å². The summed E-state index contributed by atoms with van der Waals surface area (Å²) in [6, 6.07) is 0. The summed E-state index contributed by atoms with van der Waals surface area (Å²) in [6.45, 7) is 9.17. The normalized spacial score (nSPS) is 10.7. The van der Waals surface area contributed by atoms with Crippen LogP contribution in [0.3, 0.4) is 0 Å². The summed E-state index contributed by atoms with van der Waals surface area (Å²) in [7, 11) is 0. The first-order valence-corrected chi connectivity index (χ1v) is 9.31. The van der Waals surface area contributed by atoms with Crippen LogP contribution in [0.1, 0.15) is 58.3 Å². The molecule has 5 heteroatoms. The lowest BCUT2D eigenvalue weighted by molar-refractivity contribution is -0.145. The van der Waals surface area contributed by atoms with Crippen molar-refractivity contribution < 1.29 is 23.7 Å². The standard InChI is InChI=1S/C19H36O5/c1-3-5-6-7-8-9-10-11-19(20)24-18-17-23-16-15-22-14-13-21-12-4-2/h4H,2-3,5-18H2,1H3. The van der Waals surface area contributed by atoms with E-state index in [2.05, 4.69) is 13.5 Å². The maximum Gasteiger partial charge on any atom is 0.305 e. The molecule has 0 aliphatic rings. The van der Waals surface area contributed by atoms with Gasteiger partial charge in [0.05, 0.1) is 39.6 Å². The summed E-state index contributed by atoms with van der Waals surface area (Å²) in [6.07, 6.45) is 10.6.